The SMILES string of the molecule is CN=C(NCCc1ccc(C)cc1C)N1CCN(c2ncccn2)CC1.I. The minimum absolute atomic E-state index is 0. The molecule has 7 heteroatoms. The molecular weight excluding hydrogens is 451 g/mol. The van der Waals surface area contributed by atoms with Crippen LogP contribution < -0.4 is 10.2 Å². The van der Waals surface area contributed by atoms with Gasteiger partial charge in [0.25, 0.3) is 0 Å². The van der Waals surface area contributed by atoms with Crippen LogP contribution in [-0.2, 0) is 6.42 Å². The largest absolute Gasteiger partial charge is 0.356 e. The Labute approximate surface area is 179 Å². The van der Waals surface area contributed by atoms with E-state index in [2.05, 4.69) is 62.1 Å². The van der Waals surface area contributed by atoms with Crippen LogP contribution in [0.1, 0.15) is 16.7 Å². The Morgan fingerprint density at radius 3 is 2.44 bits per heavy atom. The van der Waals surface area contributed by atoms with E-state index in [1.807, 2.05) is 13.1 Å². The molecule has 0 bridgehead atoms. The maximum absolute atomic E-state index is 4.46. The van der Waals surface area contributed by atoms with Gasteiger partial charge in [-0.3, -0.25) is 4.99 Å². The van der Waals surface area contributed by atoms with Crippen molar-refractivity contribution in [1.29, 1.82) is 0 Å². The fourth-order valence-electron chi connectivity index (χ4n) is 3.34. The molecule has 0 unspecified atom stereocenters. The summed E-state index contributed by atoms with van der Waals surface area (Å²) >= 11 is 0. The first kappa shape index (κ1) is 21.4. The molecule has 1 aromatic carbocycles. The number of aryl methyl sites for hydroxylation is 2. The van der Waals surface area contributed by atoms with E-state index in [0.717, 1.165) is 51.1 Å². The topological polar surface area (TPSA) is 56.7 Å². The summed E-state index contributed by atoms with van der Waals surface area (Å²) in [6.07, 6.45) is 4.59. The Kier molecular flexibility index (Phi) is 8.27. The summed E-state index contributed by atoms with van der Waals surface area (Å²) in [6.45, 7) is 8.85. The third-order valence-electron chi connectivity index (χ3n) is 4.80. The second-order valence-corrected chi connectivity index (χ2v) is 6.68. The van der Waals surface area contributed by atoms with Crippen molar-refractivity contribution < 1.29 is 0 Å². The van der Waals surface area contributed by atoms with Crippen molar-refractivity contribution in [2.45, 2.75) is 20.3 Å². The maximum Gasteiger partial charge on any atom is 0.225 e. The van der Waals surface area contributed by atoms with Gasteiger partial charge in [0, 0.05) is 52.2 Å². The van der Waals surface area contributed by atoms with Gasteiger partial charge in [0.05, 0.1) is 0 Å². The average Bonchev–Trinajstić information content (AvgIpc) is 2.68. The summed E-state index contributed by atoms with van der Waals surface area (Å²) in [5.41, 5.74) is 4.07. The Morgan fingerprint density at radius 1 is 1.11 bits per heavy atom. The highest BCUT2D eigenvalue weighted by Gasteiger charge is 2.20. The number of piperazine rings is 1. The number of nitrogens with zero attached hydrogens (tertiary/aromatic N) is 5. The predicted octanol–water partition coefficient (Wildman–Crippen LogP) is 2.65. The molecule has 146 valence electrons. The summed E-state index contributed by atoms with van der Waals surface area (Å²) in [7, 11) is 1.85. The number of hydrogen-bond donors (Lipinski definition) is 1. The van der Waals surface area contributed by atoms with Crippen molar-refractivity contribution in [3.63, 3.8) is 0 Å². The number of anilines is 1. The zero-order valence-electron chi connectivity index (χ0n) is 16.4. The fourth-order valence-corrected chi connectivity index (χ4v) is 3.34. The minimum atomic E-state index is 0. The van der Waals surface area contributed by atoms with E-state index in [1.165, 1.54) is 16.7 Å². The van der Waals surface area contributed by atoms with E-state index in [4.69, 9.17) is 0 Å². The first-order valence-electron chi connectivity index (χ1n) is 9.21. The summed E-state index contributed by atoms with van der Waals surface area (Å²) < 4.78 is 0. The molecule has 0 amide bonds. The highest BCUT2D eigenvalue weighted by Crippen LogP contribution is 2.12. The molecule has 1 N–H and O–H groups in total. The fraction of sp³-hybridized carbons (Fsp3) is 0.450. The lowest BCUT2D eigenvalue weighted by atomic mass is 10.0. The van der Waals surface area contributed by atoms with Crippen LogP contribution in [0, 0.1) is 13.8 Å². The van der Waals surface area contributed by atoms with Crippen molar-refractivity contribution >= 4 is 35.9 Å². The van der Waals surface area contributed by atoms with Crippen LogP contribution in [-0.4, -0.2) is 60.6 Å². The molecule has 0 saturated carbocycles. The highest BCUT2D eigenvalue weighted by molar-refractivity contribution is 14.0. The molecule has 1 aromatic heterocycles. The van der Waals surface area contributed by atoms with E-state index >= 15 is 0 Å². The monoisotopic (exact) mass is 480 g/mol. The number of rotatable bonds is 4. The van der Waals surface area contributed by atoms with Gasteiger partial charge in [0.1, 0.15) is 0 Å². The van der Waals surface area contributed by atoms with Crippen molar-refractivity contribution in [2.75, 3.05) is 44.7 Å². The van der Waals surface area contributed by atoms with Gasteiger partial charge in [-0.25, -0.2) is 9.97 Å². The van der Waals surface area contributed by atoms with Crippen LogP contribution in [0.25, 0.3) is 0 Å². The van der Waals surface area contributed by atoms with Gasteiger partial charge in [-0.1, -0.05) is 23.8 Å². The van der Waals surface area contributed by atoms with Crippen molar-refractivity contribution in [3.8, 4) is 0 Å². The first-order chi connectivity index (χ1) is 12.7. The molecule has 0 atom stereocenters. The molecule has 27 heavy (non-hydrogen) atoms. The van der Waals surface area contributed by atoms with E-state index in [0.29, 0.717) is 0 Å². The normalized spacial score (nSPS) is 14.7. The average molecular weight is 480 g/mol. The Hall–Kier alpha value is -1.90. The van der Waals surface area contributed by atoms with E-state index in [9.17, 15) is 0 Å². The number of nitrogens with one attached hydrogen (secondary N) is 1. The number of benzene rings is 1. The van der Waals surface area contributed by atoms with E-state index in [-0.39, 0.29) is 24.0 Å². The number of guanidine groups is 1. The molecule has 3 rings (SSSR count). The maximum atomic E-state index is 4.46. The summed E-state index contributed by atoms with van der Waals surface area (Å²) in [5.74, 6) is 1.79. The molecule has 0 aliphatic carbocycles. The molecule has 1 saturated heterocycles. The number of aromatic nitrogens is 2. The zero-order valence-corrected chi connectivity index (χ0v) is 18.7. The Bertz CT molecular complexity index is 741. The molecule has 2 heterocycles. The minimum Gasteiger partial charge on any atom is -0.356 e. The quantitative estimate of drug-likeness (QED) is 0.415. The van der Waals surface area contributed by atoms with Gasteiger partial charge in [-0.2, -0.15) is 0 Å². The third kappa shape index (κ3) is 5.79. The van der Waals surface area contributed by atoms with E-state index in [1.54, 1.807) is 12.4 Å². The second kappa shape index (κ2) is 10.4. The van der Waals surface area contributed by atoms with E-state index < -0.39 is 0 Å². The van der Waals surface area contributed by atoms with Gasteiger partial charge < -0.3 is 15.1 Å². The number of halogens is 1. The zero-order chi connectivity index (χ0) is 18.4. The highest BCUT2D eigenvalue weighted by atomic mass is 127. The van der Waals surface area contributed by atoms with Gasteiger partial charge in [0.15, 0.2) is 5.96 Å². The van der Waals surface area contributed by atoms with Crippen molar-refractivity contribution in [3.05, 3.63) is 53.3 Å². The predicted molar refractivity (Wildman–Crippen MR) is 122 cm³/mol. The van der Waals surface area contributed by atoms with Crippen molar-refractivity contribution in [2.24, 2.45) is 4.99 Å². The van der Waals surface area contributed by atoms with Crippen LogP contribution in [0.4, 0.5) is 5.95 Å². The Balaban J connectivity index is 0.00000261. The van der Waals surface area contributed by atoms with Crippen LogP contribution in [0.3, 0.4) is 0 Å². The molecule has 1 aliphatic rings. The lowest BCUT2D eigenvalue weighted by Gasteiger charge is -2.36. The smallest absolute Gasteiger partial charge is 0.225 e. The molecule has 1 aliphatic heterocycles. The van der Waals surface area contributed by atoms with Crippen LogP contribution >= 0.6 is 24.0 Å². The lowest BCUT2D eigenvalue weighted by Crippen LogP contribution is -2.53. The number of aliphatic imine (C=N–C) groups is 1. The third-order valence-corrected chi connectivity index (χ3v) is 4.80. The summed E-state index contributed by atoms with van der Waals surface area (Å²) in [6, 6.07) is 8.51. The van der Waals surface area contributed by atoms with Gasteiger partial charge >= 0.3 is 0 Å². The molecule has 6 nitrogen and oxygen atoms in total. The summed E-state index contributed by atoms with van der Waals surface area (Å²) in [4.78, 5) is 17.7. The van der Waals surface area contributed by atoms with Gasteiger partial charge in [-0.05, 0) is 37.5 Å². The molecule has 0 radical (unpaired) electrons. The lowest BCUT2D eigenvalue weighted by molar-refractivity contribution is 0.370. The molecule has 2 aromatic rings. The summed E-state index contributed by atoms with van der Waals surface area (Å²) in [5, 5.41) is 3.51. The van der Waals surface area contributed by atoms with Gasteiger partial charge in [-0.15, -0.1) is 24.0 Å². The molecular formula is C20H29IN6. The van der Waals surface area contributed by atoms with Crippen LogP contribution in [0.5, 0.6) is 0 Å². The molecule has 0 spiro atoms. The standard InChI is InChI=1S/C20H28N6.HI/c1-16-5-6-18(17(2)15-16)7-10-24-19(21-3)25-11-13-26(14-12-25)20-22-8-4-9-23-20;/h4-6,8-9,15H,7,10-14H2,1-3H3,(H,21,24);1H. The first-order valence-corrected chi connectivity index (χ1v) is 9.21. The van der Waals surface area contributed by atoms with Gasteiger partial charge in [0.2, 0.25) is 5.95 Å². The van der Waals surface area contributed by atoms with Crippen molar-refractivity contribution in [1.82, 2.24) is 20.2 Å². The second-order valence-electron chi connectivity index (χ2n) is 6.68. The van der Waals surface area contributed by atoms with Crippen LogP contribution in [0.15, 0.2) is 41.7 Å². The van der Waals surface area contributed by atoms with Crippen LogP contribution in [0.2, 0.25) is 0 Å². The number of hydrogen-bond acceptors (Lipinski definition) is 4. The molecule has 1 fully saturated rings. The Morgan fingerprint density at radius 2 is 1.81 bits per heavy atom.